The number of carbonyl (C=O) groups excluding carboxylic acids is 1. The van der Waals surface area contributed by atoms with E-state index in [1.807, 2.05) is 30.3 Å². The second kappa shape index (κ2) is 6.72. The van der Waals surface area contributed by atoms with Gasteiger partial charge in [-0.3, -0.25) is 4.79 Å². The van der Waals surface area contributed by atoms with E-state index in [-0.39, 0.29) is 23.7 Å². The SMILES string of the molecule is C[C@H](O)c1cn([C@H]2C[C@H](NC(=O)c3cc(-c4ccccc4)on3)C2)nn1. The smallest absolute Gasteiger partial charge is 0.273 e. The Balaban J connectivity index is 1.33. The lowest BCUT2D eigenvalue weighted by atomic mass is 9.87. The summed E-state index contributed by atoms with van der Waals surface area (Å²) in [6.07, 6.45) is 2.64. The first kappa shape index (κ1) is 16.5. The summed E-state index contributed by atoms with van der Waals surface area (Å²) in [6.45, 7) is 1.65. The van der Waals surface area contributed by atoms with Gasteiger partial charge in [0, 0.05) is 17.7 Å². The van der Waals surface area contributed by atoms with Gasteiger partial charge in [-0.25, -0.2) is 4.68 Å². The lowest BCUT2D eigenvalue weighted by molar-refractivity contribution is 0.0878. The Kier molecular flexibility index (Phi) is 4.26. The van der Waals surface area contributed by atoms with Crippen molar-refractivity contribution in [2.75, 3.05) is 0 Å². The fraction of sp³-hybridized carbons (Fsp3) is 0.333. The summed E-state index contributed by atoms with van der Waals surface area (Å²) in [5.74, 6) is 0.318. The lowest BCUT2D eigenvalue weighted by Gasteiger charge is -2.35. The van der Waals surface area contributed by atoms with Gasteiger partial charge in [0.05, 0.1) is 18.3 Å². The van der Waals surface area contributed by atoms with Crippen LogP contribution in [0.15, 0.2) is 47.1 Å². The first-order valence-corrected chi connectivity index (χ1v) is 8.53. The van der Waals surface area contributed by atoms with Crippen molar-refractivity contribution < 1.29 is 14.4 Å². The topological polar surface area (TPSA) is 106 Å². The number of benzene rings is 1. The zero-order valence-corrected chi connectivity index (χ0v) is 14.2. The van der Waals surface area contributed by atoms with E-state index in [0.717, 1.165) is 18.4 Å². The van der Waals surface area contributed by atoms with Gasteiger partial charge < -0.3 is 14.9 Å². The third-order valence-electron chi connectivity index (χ3n) is 4.58. The Hall–Kier alpha value is -3.00. The van der Waals surface area contributed by atoms with Crippen LogP contribution in [0.2, 0.25) is 0 Å². The van der Waals surface area contributed by atoms with Gasteiger partial charge in [0.1, 0.15) is 5.69 Å². The summed E-state index contributed by atoms with van der Waals surface area (Å²) in [5, 5.41) is 24.3. The molecule has 0 spiro atoms. The Morgan fingerprint density at radius 3 is 2.81 bits per heavy atom. The summed E-state index contributed by atoms with van der Waals surface area (Å²) in [4.78, 5) is 12.3. The minimum Gasteiger partial charge on any atom is -0.387 e. The van der Waals surface area contributed by atoms with Crippen molar-refractivity contribution in [3.63, 3.8) is 0 Å². The van der Waals surface area contributed by atoms with Gasteiger partial charge in [0.15, 0.2) is 11.5 Å². The van der Waals surface area contributed by atoms with Gasteiger partial charge in [-0.15, -0.1) is 5.10 Å². The molecule has 1 aliphatic rings. The molecule has 1 amide bonds. The molecule has 0 bridgehead atoms. The highest BCUT2D eigenvalue weighted by molar-refractivity contribution is 5.93. The van der Waals surface area contributed by atoms with Gasteiger partial charge in [-0.05, 0) is 19.8 Å². The molecule has 1 fully saturated rings. The minimum atomic E-state index is -0.634. The predicted octanol–water partition coefficient (Wildman–Crippen LogP) is 2.12. The van der Waals surface area contributed by atoms with Crippen LogP contribution in [0.5, 0.6) is 0 Å². The summed E-state index contributed by atoms with van der Waals surface area (Å²) in [5.41, 5.74) is 1.70. The van der Waals surface area contributed by atoms with E-state index >= 15 is 0 Å². The van der Waals surface area contributed by atoms with Crippen LogP contribution < -0.4 is 5.32 Å². The van der Waals surface area contributed by atoms with Crippen molar-refractivity contribution in [1.29, 1.82) is 0 Å². The van der Waals surface area contributed by atoms with Crippen molar-refractivity contribution in [2.24, 2.45) is 0 Å². The predicted molar refractivity (Wildman–Crippen MR) is 92.1 cm³/mol. The number of nitrogens with zero attached hydrogens (tertiary/aromatic N) is 4. The number of aliphatic hydroxyl groups excluding tert-OH is 1. The van der Waals surface area contributed by atoms with E-state index in [9.17, 15) is 9.90 Å². The highest BCUT2D eigenvalue weighted by Crippen LogP contribution is 2.32. The summed E-state index contributed by atoms with van der Waals surface area (Å²) >= 11 is 0. The molecular weight excluding hydrogens is 334 g/mol. The zero-order chi connectivity index (χ0) is 18.1. The van der Waals surface area contributed by atoms with Crippen LogP contribution in [-0.4, -0.2) is 37.2 Å². The molecule has 1 aliphatic carbocycles. The number of nitrogens with one attached hydrogen (secondary N) is 1. The molecule has 1 atom stereocenters. The summed E-state index contributed by atoms with van der Waals surface area (Å²) in [7, 11) is 0. The van der Waals surface area contributed by atoms with Crippen LogP contribution in [0.3, 0.4) is 0 Å². The second-order valence-corrected chi connectivity index (χ2v) is 6.54. The van der Waals surface area contributed by atoms with Gasteiger partial charge in [0.2, 0.25) is 0 Å². The lowest BCUT2D eigenvalue weighted by Crippen LogP contribution is -2.45. The first-order valence-electron chi connectivity index (χ1n) is 8.53. The van der Waals surface area contributed by atoms with E-state index in [4.69, 9.17) is 4.52 Å². The van der Waals surface area contributed by atoms with E-state index in [0.29, 0.717) is 11.5 Å². The molecule has 4 rings (SSSR count). The van der Waals surface area contributed by atoms with E-state index < -0.39 is 6.10 Å². The molecular formula is C18H19N5O3. The first-order chi connectivity index (χ1) is 12.6. The van der Waals surface area contributed by atoms with E-state index in [2.05, 4.69) is 20.8 Å². The van der Waals surface area contributed by atoms with Crippen LogP contribution >= 0.6 is 0 Å². The molecule has 0 radical (unpaired) electrons. The van der Waals surface area contributed by atoms with E-state index in [1.165, 1.54) is 0 Å². The molecule has 26 heavy (non-hydrogen) atoms. The molecule has 8 heteroatoms. The van der Waals surface area contributed by atoms with Crippen LogP contribution in [0.25, 0.3) is 11.3 Å². The third kappa shape index (κ3) is 3.23. The van der Waals surface area contributed by atoms with Crippen molar-refractivity contribution in [3.8, 4) is 11.3 Å². The average molecular weight is 353 g/mol. The quantitative estimate of drug-likeness (QED) is 0.728. The molecule has 2 heterocycles. The standard InChI is InChI=1S/C18H19N5O3/c1-11(24)16-10-23(22-20-16)14-7-13(8-14)19-18(25)15-9-17(26-21-15)12-5-3-2-4-6-12/h2-6,9-11,13-14,24H,7-8H2,1H3,(H,19,25)/t11-,13-,14-/m0/s1. The number of hydrogen-bond acceptors (Lipinski definition) is 6. The number of aromatic nitrogens is 4. The monoisotopic (exact) mass is 353 g/mol. The molecule has 0 unspecified atom stereocenters. The minimum absolute atomic E-state index is 0.0589. The Bertz CT molecular complexity index is 896. The fourth-order valence-corrected chi connectivity index (χ4v) is 2.96. The Labute approximate surface area is 149 Å². The number of hydrogen-bond donors (Lipinski definition) is 2. The fourth-order valence-electron chi connectivity index (χ4n) is 2.96. The van der Waals surface area contributed by atoms with Crippen LogP contribution in [0, 0.1) is 0 Å². The number of aliphatic hydroxyl groups is 1. The van der Waals surface area contributed by atoms with Crippen molar-refractivity contribution in [2.45, 2.75) is 38.0 Å². The van der Waals surface area contributed by atoms with E-state index in [1.54, 1.807) is 23.9 Å². The second-order valence-electron chi connectivity index (χ2n) is 6.54. The van der Waals surface area contributed by atoms with Gasteiger partial charge in [-0.1, -0.05) is 40.7 Å². The van der Waals surface area contributed by atoms with Crippen LogP contribution in [0.4, 0.5) is 0 Å². The molecule has 3 aromatic rings. The van der Waals surface area contributed by atoms with Gasteiger partial charge >= 0.3 is 0 Å². The Morgan fingerprint density at radius 1 is 1.35 bits per heavy atom. The molecule has 0 aliphatic heterocycles. The molecule has 134 valence electrons. The largest absolute Gasteiger partial charge is 0.387 e. The van der Waals surface area contributed by atoms with Gasteiger partial charge in [0.25, 0.3) is 5.91 Å². The summed E-state index contributed by atoms with van der Waals surface area (Å²) < 4.78 is 7.01. The van der Waals surface area contributed by atoms with Crippen LogP contribution in [0.1, 0.15) is 48.1 Å². The highest BCUT2D eigenvalue weighted by Gasteiger charge is 2.33. The highest BCUT2D eigenvalue weighted by atomic mass is 16.5. The number of amides is 1. The average Bonchev–Trinajstić information content (AvgIpc) is 3.28. The maximum atomic E-state index is 12.3. The van der Waals surface area contributed by atoms with Crippen molar-refractivity contribution in [3.05, 3.63) is 54.0 Å². The third-order valence-corrected chi connectivity index (χ3v) is 4.58. The maximum Gasteiger partial charge on any atom is 0.273 e. The van der Waals surface area contributed by atoms with Crippen LogP contribution in [-0.2, 0) is 0 Å². The number of carbonyl (C=O) groups is 1. The number of rotatable bonds is 5. The molecule has 2 N–H and O–H groups in total. The molecule has 8 nitrogen and oxygen atoms in total. The van der Waals surface area contributed by atoms with Crippen molar-refractivity contribution in [1.82, 2.24) is 25.5 Å². The molecule has 2 aromatic heterocycles. The normalized spacial score (nSPS) is 20.4. The maximum absolute atomic E-state index is 12.3. The molecule has 1 saturated carbocycles. The van der Waals surface area contributed by atoms with Gasteiger partial charge in [-0.2, -0.15) is 0 Å². The van der Waals surface area contributed by atoms with Crippen molar-refractivity contribution >= 4 is 5.91 Å². The Morgan fingerprint density at radius 2 is 2.12 bits per heavy atom. The molecule has 0 saturated heterocycles. The summed E-state index contributed by atoms with van der Waals surface area (Å²) in [6, 6.07) is 11.4. The molecule has 1 aromatic carbocycles. The zero-order valence-electron chi connectivity index (χ0n) is 14.2.